The lowest BCUT2D eigenvalue weighted by Gasteiger charge is -2.40. The highest BCUT2D eigenvalue weighted by atomic mass is 127. The number of hydrogen-bond acceptors (Lipinski definition) is 3. The molecule has 0 amide bonds. The van der Waals surface area contributed by atoms with Gasteiger partial charge in [0.25, 0.3) is 0 Å². The van der Waals surface area contributed by atoms with Gasteiger partial charge in [0, 0.05) is 25.8 Å². The number of likely N-dealkylation sites (tertiary alicyclic amines) is 1. The average Bonchev–Trinajstić information content (AvgIpc) is 3.20. The van der Waals surface area contributed by atoms with E-state index in [4.69, 9.17) is 4.99 Å². The first-order chi connectivity index (χ1) is 14.3. The molecule has 0 saturated carbocycles. The fraction of sp³-hybridized carbons (Fsp3) is 0.435. The van der Waals surface area contributed by atoms with E-state index in [1.165, 1.54) is 12.0 Å². The van der Waals surface area contributed by atoms with Gasteiger partial charge in [-0.1, -0.05) is 49.7 Å². The molecule has 30 heavy (non-hydrogen) atoms. The Balaban J connectivity index is 0.00000256. The molecule has 0 radical (unpaired) electrons. The van der Waals surface area contributed by atoms with E-state index in [1.807, 2.05) is 28.8 Å². The molecule has 4 rings (SSSR count). The molecular formula is C23H31IN6. The first-order valence-corrected chi connectivity index (χ1v) is 10.7. The molecule has 3 heterocycles. The third-order valence-electron chi connectivity index (χ3n) is 5.88. The number of rotatable bonds is 5. The highest BCUT2D eigenvalue weighted by Gasteiger charge is 2.30. The zero-order valence-corrected chi connectivity index (χ0v) is 20.1. The number of guanidine groups is 1. The zero-order valence-electron chi connectivity index (χ0n) is 17.7. The second kappa shape index (κ2) is 10.7. The van der Waals surface area contributed by atoms with Crippen molar-refractivity contribution < 1.29 is 0 Å². The minimum absolute atomic E-state index is 0. The van der Waals surface area contributed by atoms with Crippen LogP contribution in [0, 0.1) is 5.92 Å². The zero-order chi connectivity index (χ0) is 20.1. The van der Waals surface area contributed by atoms with E-state index in [0.29, 0.717) is 18.4 Å². The SMILES string of the molecule is CCNC(=NCc1nnc2ccccn12)N1CCC(c2ccccc2)C(CC)C1.I. The van der Waals surface area contributed by atoms with Crippen molar-refractivity contribution >= 4 is 35.6 Å². The molecule has 2 aromatic heterocycles. The second-order valence-corrected chi connectivity index (χ2v) is 7.64. The highest BCUT2D eigenvalue weighted by molar-refractivity contribution is 14.0. The van der Waals surface area contributed by atoms with E-state index >= 15 is 0 Å². The molecule has 0 bridgehead atoms. The van der Waals surface area contributed by atoms with Crippen LogP contribution in [0.4, 0.5) is 0 Å². The average molecular weight is 518 g/mol. The first-order valence-electron chi connectivity index (χ1n) is 10.7. The lowest BCUT2D eigenvalue weighted by Crippen LogP contribution is -2.48. The summed E-state index contributed by atoms with van der Waals surface area (Å²) < 4.78 is 2.00. The Hall–Kier alpha value is -2.16. The van der Waals surface area contributed by atoms with Crippen LogP contribution in [-0.4, -0.2) is 45.1 Å². The standard InChI is InChI=1S/C23H30N6.HI/c1-3-18-17-28(15-13-20(18)19-10-6-5-7-11-19)23(24-4-2)25-16-22-27-26-21-12-8-9-14-29(21)22;/h5-12,14,18,20H,3-4,13,15-17H2,1-2H3,(H,24,25);1H. The molecule has 7 heteroatoms. The Morgan fingerprint density at radius 3 is 2.67 bits per heavy atom. The molecular weight excluding hydrogens is 487 g/mol. The third-order valence-corrected chi connectivity index (χ3v) is 5.88. The molecule has 3 aromatic rings. The molecule has 2 unspecified atom stereocenters. The lowest BCUT2D eigenvalue weighted by molar-refractivity contribution is 0.215. The maximum atomic E-state index is 4.90. The van der Waals surface area contributed by atoms with E-state index in [-0.39, 0.29) is 24.0 Å². The fourth-order valence-corrected chi connectivity index (χ4v) is 4.35. The van der Waals surface area contributed by atoms with Crippen molar-refractivity contribution in [2.75, 3.05) is 19.6 Å². The molecule has 1 saturated heterocycles. The summed E-state index contributed by atoms with van der Waals surface area (Å²) in [5.74, 6) is 3.09. The largest absolute Gasteiger partial charge is 0.357 e. The third kappa shape index (κ3) is 4.94. The Labute approximate surface area is 195 Å². The first kappa shape index (κ1) is 22.5. The van der Waals surface area contributed by atoms with E-state index in [0.717, 1.165) is 43.5 Å². The van der Waals surface area contributed by atoms with Gasteiger partial charge in [-0.3, -0.25) is 4.40 Å². The van der Waals surface area contributed by atoms with E-state index in [9.17, 15) is 0 Å². The summed E-state index contributed by atoms with van der Waals surface area (Å²) >= 11 is 0. The van der Waals surface area contributed by atoms with Gasteiger partial charge < -0.3 is 10.2 Å². The van der Waals surface area contributed by atoms with Gasteiger partial charge in [0.2, 0.25) is 0 Å². The Kier molecular flexibility index (Phi) is 8.07. The predicted molar refractivity (Wildman–Crippen MR) is 132 cm³/mol. The van der Waals surface area contributed by atoms with Crippen LogP contribution in [0.2, 0.25) is 0 Å². The molecule has 1 aromatic carbocycles. The van der Waals surface area contributed by atoms with Crippen molar-refractivity contribution in [2.45, 2.75) is 39.2 Å². The van der Waals surface area contributed by atoms with Gasteiger partial charge in [0.05, 0.1) is 0 Å². The molecule has 1 N–H and O–H groups in total. The van der Waals surface area contributed by atoms with Gasteiger partial charge in [-0.2, -0.15) is 0 Å². The number of aromatic nitrogens is 3. The van der Waals surface area contributed by atoms with Crippen molar-refractivity contribution in [2.24, 2.45) is 10.9 Å². The van der Waals surface area contributed by atoms with Crippen molar-refractivity contribution in [1.29, 1.82) is 0 Å². The number of halogens is 1. The number of hydrogen-bond donors (Lipinski definition) is 1. The van der Waals surface area contributed by atoms with Crippen LogP contribution in [0.1, 0.15) is 44.0 Å². The van der Waals surface area contributed by atoms with Crippen molar-refractivity contribution in [3.8, 4) is 0 Å². The second-order valence-electron chi connectivity index (χ2n) is 7.64. The topological polar surface area (TPSA) is 57.8 Å². The maximum Gasteiger partial charge on any atom is 0.194 e. The molecule has 160 valence electrons. The van der Waals surface area contributed by atoms with Gasteiger partial charge >= 0.3 is 0 Å². The number of aliphatic imine (C=N–C) groups is 1. The summed E-state index contributed by atoms with van der Waals surface area (Å²) in [7, 11) is 0. The molecule has 1 aliphatic rings. The molecule has 0 aliphatic carbocycles. The number of nitrogens with zero attached hydrogens (tertiary/aromatic N) is 5. The normalized spacial score (nSPS) is 19.5. The van der Waals surface area contributed by atoms with Gasteiger partial charge in [-0.25, -0.2) is 4.99 Å². The Morgan fingerprint density at radius 2 is 1.90 bits per heavy atom. The monoisotopic (exact) mass is 518 g/mol. The van der Waals surface area contributed by atoms with E-state index in [2.05, 4.69) is 64.6 Å². The highest BCUT2D eigenvalue weighted by Crippen LogP contribution is 2.34. The lowest BCUT2D eigenvalue weighted by atomic mass is 9.79. The summed E-state index contributed by atoms with van der Waals surface area (Å²) in [6.07, 6.45) is 4.32. The van der Waals surface area contributed by atoms with E-state index < -0.39 is 0 Å². The molecule has 6 nitrogen and oxygen atoms in total. The predicted octanol–water partition coefficient (Wildman–Crippen LogP) is 4.33. The minimum atomic E-state index is 0. The smallest absolute Gasteiger partial charge is 0.194 e. The minimum Gasteiger partial charge on any atom is -0.357 e. The quantitative estimate of drug-likeness (QED) is 0.311. The number of nitrogens with one attached hydrogen (secondary N) is 1. The van der Waals surface area contributed by atoms with Crippen molar-refractivity contribution in [1.82, 2.24) is 24.8 Å². The molecule has 2 atom stereocenters. The Morgan fingerprint density at radius 1 is 1.10 bits per heavy atom. The summed E-state index contributed by atoms with van der Waals surface area (Å²) in [6, 6.07) is 16.9. The fourth-order valence-electron chi connectivity index (χ4n) is 4.35. The van der Waals surface area contributed by atoms with E-state index in [1.54, 1.807) is 0 Å². The summed E-state index contributed by atoms with van der Waals surface area (Å²) in [4.78, 5) is 7.32. The summed E-state index contributed by atoms with van der Waals surface area (Å²) in [6.45, 7) is 7.84. The van der Waals surface area contributed by atoms with Crippen LogP contribution in [0.15, 0.2) is 59.7 Å². The van der Waals surface area contributed by atoms with Crippen LogP contribution < -0.4 is 5.32 Å². The number of benzene rings is 1. The van der Waals surface area contributed by atoms with Crippen LogP contribution in [0.25, 0.3) is 5.65 Å². The Bertz CT molecular complexity index is 954. The van der Waals surface area contributed by atoms with Crippen LogP contribution in [0.5, 0.6) is 0 Å². The van der Waals surface area contributed by atoms with Crippen molar-refractivity contribution in [3.63, 3.8) is 0 Å². The van der Waals surface area contributed by atoms with Crippen LogP contribution in [-0.2, 0) is 6.54 Å². The van der Waals surface area contributed by atoms with Gasteiger partial charge in [-0.05, 0) is 42.9 Å². The molecule has 1 fully saturated rings. The summed E-state index contributed by atoms with van der Waals surface area (Å²) in [5, 5.41) is 12.0. The maximum absolute atomic E-state index is 4.90. The van der Waals surface area contributed by atoms with Gasteiger partial charge in [0.1, 0.15) is 6.54 Å². The van der Waals surface area contributed by atoms with Crippen LogP contribution >= 0.6 is 24.0 Å². The van der Waals surface area contributed by atoms with Crippen LogP contribution in [0.3, 0.4) is 0 Å². The van der Waals surface area contributed by atoms with Gasteiger partial charge in [0.15, 0.2) is 17.4 Å². The number of pyridine rings is 1. The van der Waals surface area contributed by atoms with Gasteiger partial charge in [-0.15, -0.1) is 34.2 Å². The number of piperidine rings is 1. The number of fused-ring (bicyclic) bond motifs is 1. The summed E-state index contributed by atoms with van der Waals surface area (Å²) in [5.41, 5.74) is 2.33. The molecule has 1 aliphatic heterocycles. The molecule has 0 spiro atoms. The van der Waals surface area contributed by atoms with Crippen molar-refractivity contribution in [3.05, 3.63) is 66.1 Å².